The summed E-state index contributed by atoms with van der Waals surface area (Å²) < 4.78 is 5.42. The number of anilines is 1. The van der Waals surface area contributed by atoms with Crippen molar-refractivity contribution in [3.05, 3.63) is 22.2 Å². The Balaban J connectivity index is 2.62. The van der Waals surface area contributed by atoms with E-state index in [4.69, 9.17) is 10.5 Å². The van der Waals surface area contributed by atoms with E-state index in [0.717, 1.165) is 12.8 Å². The van der Waals surface area contributed by atoms with Crippen LogP contribution in [0.25, 0.3) is 0 Å². The molecule has 6 nitrogen and oxygen atoms in total. The number of rotatable bonds is 6. The van der Waals surface area contributed by atoms with Gasteiger partial charge in [-0.1, -0.05) is 20.3 Å². The Kier molecular flexibility index (Phi) is 4.68. The highest BCUT2D eigenvalue weighted by Crippen LogP contribution is 2.22. The van der Waals surface area contributed by atoms with Crippen LogP contribution in [0.2, 0.25) is 0 Å². The van der Waals surface area contributed by atoms with Crippen molar-refractivity contribution in [2.45, 2.75) is 26.7 Å². The molecule has 1 aromatic rings. The minimum Gasteiger partial charge on any atom is -0.477 e. The molecule has 1 heterocycles. The molecule has 0 saturated heterocycles. The first-order chi connectivity index (χ1) is 8.04. The Bertz CT molecular complexity index is 396. The summed E-state index contributed by atoms with van der Waals surface area (Å²) in [5.74, 6) is 0.643. The minimum atomic E-state index is -0.564. The van der Waals surface area contributed by atoms with Gasteiger partial charge in [-0.15, -0.1) is 0 Å². The van der Waals surface area contributed by atoms with Gasteiger partial charge in [0, 0.05) is 12.1 Å². The molecule has 1 unspecified atom stereocenters. The maximum atomic E-state index is 10.5. The van der Waals surface area contributed by atoms with Gasteiger partial charge in [-0.3, -0.25) is 10.1 Å². The molecule has 0 saturated carbocycles. The summed E-state index contributed by atoms with van der Waals surface area (Å²) in [6.45, 7) is 4.73. The summed E-state index contributed by atoms with van der Waals surface area (Å²) in [5.41, 5.74) is 5.26. The predicted molar refractivity (Wildman–Crippen MR) is 64.9 cm³/mol. The van der Waals surface area contributed by atoms with Crippen LogP contribution in [0.3, 0.4) is 0 Å². The lowest BCUT2D eigenvalue weighted by Crippen LogP contribution is -2.09. The van der Waals surface area contributed by atoms with Gasteiger partial charge < -0.3 is 10.5 Å². The second-order valence-electron chi connectivity index (χ2n) is 4.02. The van der Waals surface area contributed by atoms with Crippen LogP contribution >= 0.6 is 0 Å². The fourth-order valence-electron chi connectivity index (χ4n) is 1.49. The Morgan fingerprint density at radius 1 is 1.59 bits per heavy atom. The van der Waals surface area contributed by atoms with Crippen molar-refractivity contribution in [1.82, 2.24) is 4.98 Å². The van der Waals surface area contributed by atoms with E-state index in [0.29, 0.717) is 18.4 Å². The molecule has 94 valence electrons. The van der Waals surface area contributed by atoms with Crippen LogP contribution in [0.1, 0.15) is 26.7 Å². The third-order valence-electron chi connectivity index (χ3n) is 2.37. The van der Waals surface area contributed by atoms with Crippen LogP contribution < -0.4 is 10.5 Å². The first-order valence-electron chi connectivity index (χ1n) is 5.58. The quantitative estimate of drug-likeness (QED) is 0.607. The van der Waals surface area contributed by atoms with E-state index in [9.17, 15) is 10.1 Å². The van der Waals surface area contributed by atoms with Gasteiger partial charge in [0.1, 0.15) is 0 Å². The molecule has 1 atom stereocenters. The minimum absolute atomic E-state index is 0.115. The zero-order valence-electron chi connectivity index (χ0n) is 10.0. The van der Waals surface area contributed by atoms with Crippen LogP contribution in [-0.2, 0) is 0 Å². The van der Waals surface area contributed by atoms with E-state index in [1.165, 1.54) is 12.1 Å². The van der Waals surface area contributed by atoms with E-state index in [1.807, 2.05) is 0 Å². The van der Waals surface area contributed by atoms with Crippen molar-refractivity contribution in [1.29, 1.82) is 0 Å². The summed E-state index contributed by atoms with van der Waals surface area (Å²) in [5, 5.41) is 10.5. The largest absolute Gasteiger partial charge is 0.477 e. The molecular formula is C11H17N3O3. The highest BCUT2D eigenvalue weighted by molar-refractivity contribution is 5.53. The number of nitrogen functional groups attached to an aromatic ring is 1. The molecule has 1 rings (SSSR count). The first-order valence-corrected chi connectivity index (χ1v) is 5.58. The maximum Gasteiger partial charge on any atom is 0.311 e. The van der Waals surface area contributed by atoms with Crippen LogP contribution in [0.5, 0.6) is 5.88 Å². The molecule has 0 bridgehead atoms. The molecule has 0 fully saturated rings. The third-order valence-corrected chi connectivity index (χ3v) is 2.37. The highest BCUT2D eigenvalue weighted by atomic mass is 16.6. The maximum absolute atomic E-state index is 10.5. The molecule has 2 N–H and O–H groups in total. The molecule has 0 aliphatic rings. The lowest BCUT2D eigenvalue weighted by molar-refractivity contribution is -0.384. The number of pyridine rings is 1. The first kappa shape index (κ1) is 13.2. The van der Waals surface area contributed by atoms with Gasteiger partial charge in [-0.2, -0.15) is 4.98 Å². The summed E-state index contributed by atoms with van der Waals surface area (Å²) in [4.78, 5) is 13.8. The standard InChI is InChI=1S/C11H17N3O3/c1-3-4-8(2)7-17-10-6-5-9(14(15)16)11(12)13-10/h5-6,8H,3-4,7H2,1-2H3,(H2,12,13). The van der Waals surface area contributed by atoms with E-state index in [-0.39, 0.29) is 11.5 Å². The zero-order chi connectivity index (χ0) is 12.8. The Hall–Kier alpha value is -1.85. The van der Waals surface area contributed by atoms with Gasteiger partial charge in [0.2, 0.25) is 11.7 Å². The molecule has 1 aromatic heterocycles. The molecule has 6 heteroatoms. The molecule has 0 spiro atoms. The van der Waals surface area contributed by atoms with Crippen molar-refractivity contribution in [2.24, 2.45) is 5.92 Å². The number of aromatic nitrogens is 1. The number of ether oxygens (including phenoxy) is 1. The molecule has 0 aliphatic carbocycles. The molecular weight excluding hydrogens is 222 g/mol. The van der Waals surface area contributed by atoms with Gasteiger partial charge in [0.25, 0.3) is 0 Å². The summed E-state index contributed by atoms with van der Waals surface area (Å²) in [7, 11) is 0. The van der Waals surface area contributed by atoms with Crippen molar-refractivity contribution in [3.8, 4) is 5.88 Å². The summed E-state index contributed by atoms with van der Waals surface area (Å²) in [6.07, 6.45) is 2.17. The Morgan fingerprint density at radius 2 is 2.29 bits per heavy atom. The predicted octanol–water partition coefficient (Wildman–Crippen LogP) is 2.39. The monoisotopic (exact) mass is 239 g/mol. The Morgan fingerprint density at radius 3 is 2.82 bits per heavy atom. The number of hydrogen-bond acceptors (Lipinski definition) is 5. The van der Waals surface area contributed by atoms with E-state index in [1.54, 1.807) is 0 Å². The van der Waals surface area contributed by atoms with E-state index in [2.05, 4.69) is 18.8 Å². The molecule has 0 aromatic carbocycles. The van der Waals surface area contributed by atoms with E-state index >= 15 is 0 Å². The van der Waals surface area contributed by atoms with Gasteiger partial charge in [0.15, 0.2) is 0 Å². The van der Waals surface area contributed by atoms with Crippen LogP contribution in [-0.4, -0.2) is 16.5 Å². The Labute approximate surface area is 99.9 Å². The molecule has 0 amide bonds. The van der Waals surface area contributed by atoms with Crippen LogP contribution in [0.15, 0.2) is 12.1 Å². The summed E-state index contributed by atoms with van der Waals surface area (Å²) in [6, 6.07) is 2.77. The van der Waals surface area contributed by atoms with Crippen molar-refractivity contribution >= 4 is 11.5 Å². The molecule has 0 radical (unpaired) electrons. The number of nitro groups is 1. The fourth-order valence-corrected chi connectivity index (χ4v) is 1.49. The highest BCUT2D eigenvalue weighted by Gasteiger charge is 2.13. The number of hydrogen-bond donors (Lipinski definition) is 1. The fraction of sp³-hybridized carbons (Fsp3) is 0.545. The summed E-state index contributed by atoms with van der Waals surface area (Å²) >= 11 is 0. The zero-order valence-corrected chi connectivity index (χ0v) is 10.0. The van der Waals surface area contributed by atoms with E-state index < -0.39 is 4.92 Å². The van der Waals surface area contributed by atoms with Crippen molar-refractivity contribution < 1.29 is 9.66 Å². The van der Waals surface area contributed by atoms with Gasteiger partial charge in [0.05, 0.1) is 11.5 Å². The second kappa shape index (κ2) is 6.03. The third kappa shape index (κ3) is 3.90. The lowest BCUT2D eigenvalue weighted by atomic mass is 10.1. The second-order valence-corrected chi connectivity index (χ2v) is 4.02. The molecule has 0 aliphatic heterocycles. The number of nitrogens with zero attached hydrogens (tertiary/aromatic N) is 2. The topological polar surface area (TPSA) is 91.3 Å². The van der Waals surface area contributed by atoms with Gasteiger partial charge >= 0.3 is 5.69 Å². The van der Waals surface area contributed by atoms with Crippen LogP contribution in [0.4, 0.5) is 11.5 Å². The van der Waals surface area contributed by atoms with Gasteiger partial charge in [-0.05, 0) is 12.3 Å². The van der Waals surface area contributed by atoms with Crippen molar-refractivity contribution in [2.75, 3.05) is 12.3 Å². The average molecular weight is 239 g/mol. The van der Waals surface area contributed by atoms with Gasteiger partial charge in [-0.25, -0.2) is 0 Å². The number of nitrogens with two attached hydrogens (primary N) is 1. The lowest BCUT2D eigenvalue weighted by Gasteiger charge is -2.11. The SMILES string of the molecule is CCCC(C)COc1ccc([N+](=O)[O-])c(N)n1. The normalized spacial score (nSPS) is 12.1. The van der Waals surface area contributed by atoms with Crippen LogP contribution in [0, 0.1) is 16.0 Å². The molecule has 17 heavy (non-hydrogen) atoms. The average Bonchev–Trinajstić information content (AvgIpc) is 2.26. The smallest absolute Gasteiger partial charge is 0.311 e. The van der Waals surface area contributed by atoms with Crippen molar-refractivity contribution in [3.63, 3.8) is 0 Å².